The second-order valence-electron chi connectivity index (χ2n) is 3.56. The van der Waals surface area contributed by atoms with Crippen LogP contribution in [0.2, 0.25) is 0 Å². The van der Waals surface area contributed by atoms with E-state index in [1.54, 1.807) is 0 Å². The first kappa shape index (κ1) is 12.3. The van der Waals surface area contributed by atoms with E-state index in [2.05, 4.69) is 5.32 Å². The Bertz CT molecular complexity index is 232. The van der Waals surface area contributed by atoms with Crippen LogP contribution in [0.4, 0.5) is 13.2 Å². The lowest BCUT2D eigenvalue weighted by atomic mass is 10.3. The SMILES string of the molecule is N#CC(COCCC(F)(F)F)NC1CC1. The Morgan fingerprint density at radius 2 is 2.13 bits per heavy atom. The zero-order valence-electron chi connectivity index (χ0n) is 8.18. The minimum Gasteiger partial charge on any atom is -0.378 e. The number of rotatable bonds is 6. The van der Waals surface area contributed by atoms with Gasteiger partial charge in [0.2, 0.25) is 0 Å². The number of nitrogens with one attached hydrogen (secondary N) is 1. The molecule has 1 N–H and O–H groups in total. The predicted molar refractivity (Wildman–Crippen MR) is 47.0 cm³/mol. The first-order valence-corrected chi connectivity index (χ1v) is 4.81. The maximum absolute atomic E-state index is 11.7. The van der Waals surface area contributed by atoms with Gasteiger partial charge in [0.1, 0.15) is 6.04 Å². The van der Waals surface area contributed by atoms with Crippen LogP contribution in [0.1, 0.15) is 19.3 Å². The van der Waals surface area contributed by atoms with E-state index in [1.165, 1.54) is 0 Å². The molecule has 0 aliphatic heterocycles. The summed E-state index contributed by atoms with van der Waals surface area (Å²) in [5, 5.41) is 11.6. The average Bonchev–Trinajstić information content (AvgIpc) is 2.92. The highest BCUT2D eigenvalue weighted by Gasteiger charge is 2.27. The number of ether oxygens (including phenoxy) is 1. The van der Waals surface area contributed by atoms with Crippen LogP contribution in [0.15, 0.2) is 0 Å². The fourth-order valence-electron chi connectivity index (χ4n) is 1.05. The standard InChI is InChI=1S/C9H13F3N2O/c10-9(11,12)3-4-15-6-8(5-13)14-7-1-2-7/h7-8,14H,1-4,6H2. The van der Waals surface area contributed by atoms with Crippen molar-refractivity contribution in [1.29, 1.82) is 5.26 Å². The van der Waals surface area contributed by atoms with E-state index in [0.717, 1.165) is 12.8 Å². The van der Waals surface area contributed by atoms with Crippen LogP contribution in [-0.4, -0.2) is 31.5 Å². The number of hydrogen-bond acceptors (Lipinski definition) is 3. The van der Waals surface area contributed by atoms with Crippen LogP contribution in [0.5, 0.6) is 0 Å². The molecule has 1 fully saturated rings. The average molecular weight is 222 g/mol. The summed E-state index contributed by atoms with van der Waals surface area (Å²) in [5.41, 5.74) is 0. The number of hydrogen-bond donors (Lipinski definition) is 1. The van der Waals surface area contributed by atoms with E-state index in [1.807, 2.05) is 6.07 Å². The molecular weight excluding hydrogens is 209 g/mol. The van der Waals surface area contributed by atoms with Crippen molar-refractivity contribution in [3.05, 3.63) is 0 Å². The molecule has 0 spiro atoms. The van der Waals surface area contributed by atoms with Crippen LogP contribution >= 0.6 is 0 Å². The second kappa shape index (κ2) is 5.33. The largest absolute Gasteiger partial charge is 0.391 e. The maximum Gasteiger partial charge on any atom is 0.391 e. The molecule has 6 heteroatoms. The molecule has 1 aliphatic carbocycles. The normalized spacial score (nSPS) is 18.5. The van der Waals surface area contributed by atoms with Crippen LogP contribution in [0.25, 0.3) is 0 Å². The molecule has 86 valence electrons. The first-order valence-electron chi connectivity index (χ1n) is 4.81. The molecule has 1 rings (SSSR count). The zero-order chi connectivity index (χ0) is 11.3. The number of nitriles is 1. The number of alkyl halides is 3. The molecule has 0 radical (unpaired) electrons. The van der Waals surface area contributed by atoms with Gasteiger partial charge < -0.3 is 4.74 Å². The third-order valence-electron chi connectivity index (χ3n) is 1.98. The van der Waals surface area contributed by atoms with Crippen LogP contribution in [-0.2, 0) is 4.74 Å². The quantitative estimate of drug-likeness (QED) is 0.694. The summed E-state index contributed by atoms with van der Waals surface area (Å²) in [6, 6.07) is 1.81. The lowest BCUT2D eigenvalue weighted by Crippen LogP contribution is -2.34. The molecular formula is C9H13F3N2O. The molecule has 0 saturated heterocycles. The summed E-state index contributed by atoms with van der Waals surface area (Å²) < 4.78 is 40.0. The zero-order valence-corrected chi connectivity index (χ0v) is 8.18. The van der Waals surface area contributed by atoms with Crippen molar-refractivity contribution >= 4 is 0 Å². The van der Waals surface area contributed by atoms with Gasteiger partial charge >= 0.3 is 6.18 Å². The van der Waals surface area contributed by atoms with Gasteiger partial charge in [-0.2, -0.15) is 18.4 Å². The Labute approximate surface area is 86.2 Å². The molecule has 1 atom stereocenters. The number of nitrogens with zero attached hydrogens (tertiary/aromatic N) is 1. The van der Waals surface area contributed by atoms with Crippen LogP contribution in [0.3, 0.4) is 0 Å². The molecule has 0 amide bonds. The van der Waals surface area contributed by atoms with Gasteiger partial charge in [0, 0.05) is 6.04 Å². The molecule has 1 aliphatic rings. The van der Waals surface area contributed by atoms with Crippen LogP contribution in [0, 0.1) is 11.3 Å². The molecule has 0 aromatic rings. The Morgan fingerprint density at radius 3 is 2.60 bits per heavy atom. The Morgan fingerprint density at radius 1 is 1.47 bits per heavy atom. The third-order valence-corrected chi connectivity index (χ3v) is 1.98. The van der Waals surface area contributed by atoms with Gasteiger partial charge in [-0.25, -0.2) is 0 Å². The van der Waals surface area contributed by atoms with E-state index in [-0.39, 0.29) is 13.2 Å². The summed E-state index contributed by atoms with van der Waals surface area (Å²) in [5.74, 6) is 0. The molecule has 0 aromatic carbocycles. The number of halogens is 3. The van der Waals surface area contributed by atoms with Crippen molar-refractivity contribution in [2.75, 3.05) is 13.2 Å². The molecule has 3 nitrogen and oxygen atoms in total. The van der Waals surface area contributed by atoms with Gasteiger partial charge in [-0.1, -0.05) is 0 Å². The fraction of sp³-hybridized carbons (Fsp3) is 0.889. The fourth-order valence-corrected chi connectivity index (χ4v) is 1.05. The van der Waals surface area contributed by atoms with Crippen molar-refractivity contribution in [3.63, 3.8) is 0 Å². The van der Waals surface area contributed by atoms with Crippen molar-refractivity contribution in [3.8, 4) is 6.07 Å². The topological polar surface area (TPSA) is 45.0 Å². The van der Waals surface area contributed by atoms with Crippen molar-refractivity contribution in [1.82, 2.24) is 5.32 Å². The van der Waals surface area contributed by atoms with Crippen LogP contribution < -0.4 is 5.32 Å². The lowest BCUT2D eigenvalue weighted by Gasteiger charge is -2.11. The minimum absolute atomic E-state index is 0.0169. The van der Waals surface area contributed by atoms with Crippen molar-refractivity contribution in [2.45, 2.75) is 37.5 Å². The highest BCUT2D eigenvalue weighted by Crippen LogP contribution is 2.20. The Balaban J connectivity index is 2.04. The van der Waals surface area contributed by atoms with Gasteiger partial charge in [-0.15, -0.1) is 0 Å². The van der Waals surface area contributed by atoms with E-state index in [0.29, 0.717) is 6.04 Å². The molecule has 0 aromatic heterocycles. The smallest absolute Gasteiger partial charge is 0.378 e. The predicted octanol–water partition coefficient (Wildman–Crippen LogP) is 1.60. The van der Waals surface area contributed by atoms with Gasteiger partial charge in [0.15, 0.2) is 0 Å². The molecule has 0 heterocycles. The Hall–Kier alpha value is -0.800. The molecule has 1 saturated carbocycles. The van der Waals surface area contributed by atoms with Gasteiger partial charge in [0.05, 0.1) is 25.7 Å². The van der Waals surface area contributed by atoms with E-state index < -0.39 is 18.6 Å². The monoisotopic (exact) mass is 222 g/mol. The molecule has 0 bridgehead atoms. The summed E-state index contributed by atoms with van der Waals surface area (Å²) in [4.78, 5) is 0. The Kier molecular flexibility index (Phi) is 4.36. The van der Waals surface area contributed by atoms with E-state index >= 15 is 0 Å². The van der Waals surface area contributed by atoms with Gasteiger partial charge in [-0.05, 0) is 12.8 Å². The lowest BCUT2D eigenvalue weighted by molar-refractivity contribution is -0.145. The summed E-state index contributed by atoms with van der Waals surface area (Å²) in [7, 11) is 0. The summed E-state index contributed by atoms with van der Waals surface area (Å²) in [6.45, 7) is -0.364. The second-order valence-corrected chi connectivity index (χ2v) is 3.56. The third kappa shape index (κ3) is 6.31. The molecule has 1 unspecified atom stereocenters. The van der Waals surface area contributed by atoms with Crippen molar-refractivity contribution in [2.24, 2.45) is 0 Å². The highest BCUT2D eigenvalue weighted by molar-refractivity contribution is 4.95. The maximum atomic E-state index is 11.7. The van der Waals surface area contributed by atoms with Gasteiger partial charge in [0.25, 0.3) is 0 Å². The van der Waals surface area contributed by atoms with E-state index in [4.69, 9.17) is 10.00 Å². The summed E-state index contributed by atoms with van der Waals surface area (Å²) >= 11 is 0. The first-order chi connectivity index (χ1) is 7.01. The van der Waals surface area contributed by atoms with Crippen molar-refractivity contribution < 1.29 is 17.9 Å². The minimum atomic E-state index is -4.19. The van der Waals surface area contributed by atoms with Gasteiger partial charge in [-0.3, -0.25) is 5.32 Å². The summed E-state index contributed by atoms with van der Waals surface area (Å²) in [6.07, 6.45) is -3.10. The molecule has 15 heavy (non-hydrogen) atoms. The van der Waals surface area contributed by atoms with E-state index in [9.17, 15) is 13.2 Å². The highest BCUT2D eigenvalue weighted by atomic mass is 19.4.